The van der Waals surface area contributed by atoms with Gasteiger partial charge in [-0.15, -0.1) is 0 Å². The summed E-state index contributed by atoms with van der Waals surface area (Å²) < 4.78 is 18.7. The second-order valence-electron chi connectivity index (χ2n) is 13.0. The molecule has 0 aliphatic rings. The zero-order chi connectivity index (χ0) is 25.2. The van der Waals surface area contributed by atoms with E-state index in [1.54, 1.807) is 0 Å². The fourth-order valence-electron chi connectivity index (χ4n) is 5.02. The summed E-state index contributed by atoms with van der Waals surface area (Å²) in [5.74, 6) is 0.625. The molecule has 0 spiro atoms. The number of methoxy groups -OCH3 is 1. The molecular formula is C28H62O2SiSn. The van der Waals surface area contributed by atoms with E-state index in [0.717, 1.165) is 6.42 Å². The van der Waals surface area contributed by atoms with Gasteiger partial charge in [0.1, 0.15) is 0 Å². The van der Waals surface area contributed by atoms with E-state index < -0.39 is 26.7 Å². The molecule has 0 amide bonds. The summed E-state index contributed by atoms with van der Waals surface area (Å²) >= 11 is -2.50. The predicted molar refractivity (Wildman–Crippen MR) is 151 cm³/mol. The summed E-state index contributed by atoms with van der Waals surface area (Å²) in [7, 11) is 0.100. The second kappa shape index (κ2) is 14.5. The molecule has 2 nitrogen and oxygen atoms in total. The Bertz CT molecular complexity index is 474. The maximum atomic E-state index is 7.26. The van der Waals surface area contributed by atoms with Crippen molar-refractivity contribution in [3.63, 3.8) is 0 Å². The fraction of sp³-hybridized carbons (Fsp3) is 1.00. The molecule has 0 aromatic heterocycles. The Balaban J connectivity index is 6.10. The van der Waals surface area contributed by atoms with Crippen LogP contribution in [0.4, 0.5) is 0 Å². The third-order valence-corrected chi connectivity index (χ3v) is 30.2. The van der Waals surface area contributed by atoms with Crippen LogP contribution in [0.5, 0.6) is 0 Å². The van der Waals surface area contributed by atoms with Gasteiger partial charge in [0, 0.05) is 0 Å². The van der Waals surface area contributed by atoms with E-state index in [2.05, 4.69) is 82.3 Å². The minimum absolute atomic E-state index is 0.131. The van der Waals surface area contributed by atoms with Crippen molar-refractivity contribution in [1.29, 1.82) is 0 Å². The first-order valence-electron chi connectivity index (χ1n) is 13.9. The van der Waals surface area contributed by atoms with Gasteiger partial charge < -0.3 is 0 Å². The Labute approximate surface area is 209 Å². The standard InChI is InChI=1S/C16H35O2Si.3C4H9.Sn/c1-13(2)16(6,7)19(9,10)18-14(11-12-17-8)15(3,4)5;3*1-3-4-2;/h12-14H,11H2,1-10H3;3*1,3-4H2,2H3;. The van der Waals surface area contributed by atoms with Gasteiger partial charge in [-0.2, -0.15) is 0 Å². The minimum atomic E-state index is -2.50. The number of ether oxygens (including phenoxy) is 1. The fourth-order valence-corrected chi connectivity index (χ4v) is 25.3. The van der Waals surface area contributed by atoms with E-state index in [9.17, 15) is 0 Å². The van der Waals surface area contributed by atoms with Crippen molar-refractivity contribution in [2.45, 2.75) is 156 Å². The van der Waals surface area contributed by atoms with Gasteiger partial charge in [0.2, 0.25) is 0 Å². The third kappa shape index (κ3) is 9.53. The molecule has 0 heterocycles. The predicted octanol–water partition coefficient (Wildman–Crippen LogP) is 9.85. The molecule has 0 N–H and O–H groups in total. The average Bonchev–Trinajstić information content (AvgIpc) is 2.69. The topological polar surface area (TPSA) is 18.5 Å². The normalized spacial score (nSPS) is 15.9. The summed E-state index contributed by atoms with van der Waals surface area (Å²) in [6.45, 7) is 28.8. The summed E-state index contributed by atoms with van der Waals surface area (Å²) in [4.78, 5) is 0. The Hall–Kier alpha value is 0.936. The molecule has 0 aromatic rings. The van der Waals surface area contributed by atoms with E-state index in [4.69, 9.17) is 9.16 Å². The van der Waals surface area contributed by atoms with Gasteiger partial charge in [-0.25, -0.2) is 0 Å². The van der Waals surface area contributed by atoms with E-state index in [-0.39, 0.29) is 16.6 Å². The van der Waals surface area contributed by atoms with Crippen molar-refractivity contribution in [3.8, 4) is 0 Å². The molecule has 32 heavy (non-hydrogen) atoms. The molecule has 0 fully saturated rings. The molecule has 0 aliphatic heterocycles. The first-order chi connectivity index (χ1) is 14.6. The van der Waals surface area contributed by atoms with Crippen LogP contribution in [0.2, 0.25) is 31.4 Å². The summed E-state index contributed by atoms with van der Waals surface area (Å²) in [6.07, 6.45) is 9.51. The first kappa shape index (κ1) is 32.9. The molecule has 2 unspecified atom stereocenters. The van der Waals surface area contributed by atoms with Crippen LogP contribution in [0.25, 0.3) is 0 Å². The Morgan fingerprint density at radius 2 is 1.19 bits per heavy atom. The van der Waals surface area contributed by atoms with E-state index in [0.29, 0.717) is 10.0 Å². The van der Waals surface area contributed by atoms with Crippen LogP contribution >= 0.6 is 0 Å². The van der Waals surface area contributed by atoms with Gasteiger partial charge in [0.15, 0.2) is 0 Å². The van der Waals surface area contributed by atoms with Crippen LogP contribution in [0.15, 0.2) is 0 Å². The Morgan fingerprint density at radius 1 is 0.781 bits per heavy atom. The first-order valence-corrected chi connectivity index (χ1v) is 24.5. The van der Waals surface area contributed by atoms with Crippen LogP contribution in [0, 0.1) is 11.3 Å². The van der Waals surface area contributed by atoms with Gasteiger partial charge in [-0.05, 0) is 0 Å². The molecule has 194 valence electrons. The molecule has 0 saturated carbocycles. The molecule has 0 aliphatic carbocycles. The Kier molecular flexibility index (Phi) is 14.9. The van der Waals surface area contributed by atoms with Crippen LogP contribution in [-0.4, -0.2) is 44.0 Å². The van der Waals surface area contributed by atoms with Crippen molar-refractivity contribution >= 4 is 26.7 Å². The monoisotopic (exact) mass is 578 g/mol. The van der Waals surface area contributed by atoms with Crippen LogP contribution < -0.4 is 0 Å². The number of rotatable bonds is 17. The number of hydrogen-bond donors (Lipinski definition) is 0. The van der Waals surface area contributed by atoms with Gasteiger partial charge in [0.25, 0.3) is 0 Å². The molecule has 0 bridgehead atoms. The number of unbranched alkanes of at least 4 members (excludes halogenated alkanes) is 3. The second-order valence-corrected chi connectivity index (χ2v) is 31.4. The zero-order valence-electron chi connectivity index (χ0n) is 24.6. The average molecular weight is 578 g/mol. The summed E-state index contributed by atoms with van der Waals surface area (Å²) in [6, 6.07) is 0. The van der Waals surface area contributed by atoms with E-state index in [1.165, 1.54) is 51.8 Å². The van der Waals surface area contributed by atoms with Crippen molar-refractivity contribution in [2.24, 2.45) is 11.3 Å². The van der Waals surface area contributed by atoms with Crippen LogP contribution in [0.1, 0.15) is 114 Å². The SMILES string of the molecule is CCC[CH2][Sn]([CH2]CCC)([CH2]CCC)[CH](CC(O[Si](C)(C)C(C)(C)C(C)C)C(C)(C)C)OC. The van der Waals surface area contributed by atoms with Crippen molar-refractivity contribution in [2.75, 3.05) is 7.11 Å². The molecule has 0 rings (SSSR count). The molecule has 4 heteroatoms. The summed E-state index contributed by atoms with van der Waals surface area (Å²) in [5.41, 5.74) is 0.131. The zero-order valence-corrected chi connectivity index (χ0v) is 28.5. The molecule has 0 saturated heterocycles. The van der Waals surface area contributed by atoms with Gasteiger partial charge in [-0.1, -0.05) is 0 Å². The Morgan fingerprint density at radius 3 is 1.47 bits per heavy atom. The van der Waals surface area contributed by atoms with Crippen molar-refractivity contribution in [1.82, 2.24) is 0 Å². The quantitative estimate of drug-likeness (QED) is 0.160. The van der Waals surface area contributed by atoms with E-state index in [1.807, 2.05) is 7.11 Å². The summed E-state index contributed by atoms with van der Waals surface area (Å²) in [5, 5.41) is 0.242. The van der Waals surface area contributed by atoms with Crippen molar-refractivity contribution < 1.29 is 9.16 Å². The number of hydrogen-bond acceptors (Lipinski definition) is 2. The van der Waals surface area contributed by atoms with Gasteiger partial charge in [-0.3, -0.25) is 0 Å². The van der Waals surface area contributed by atoms with Gasteiger partial charge >= 0.3 is 210 Å². The molecule has 2 atom stereocenters. The van der Waals surface area contributed by atoms with Crippen LogP contribution in [-0.2, 0) is 9.16 Å². The van der Waals surface area contributed by atoms with E-state index >= 15 is 0 Å². The molecule has 0 radical (unpaired) electrons. The molecular weight excluding hydrogens is 515 g/mol. The van der Waals surface area contributed by atoms with Crippen molar-refractivity contribution in [3.05, 3.63) is 0 Å². The van der Waals surface area contributed by atoms with Crippen LogP contribution in [0.3, 0.4) is 0 Å². The third-order valence-electron chi connectivity index (χ3n) is 8.88. The van der Waals surface area contributed by atoms with Gasteiger partial charge in [0.05, 0.1) is 0 Å². The maximum absolute atomic E-state index is 7.26. The molecule has 0 aromatic carbocycles.